The topological polar surface area (TPSA) is 65.4 Å². The zero-order valence-electron chi connectivity index (χ0n) is 14.8. The lowest BCUT2D eigenvalue weighted by molar-refractivity contribution is -0.123. The summed E-state index contributed by atoms with van der Waals surface area (Å²) in [4.78, 5) is 16.2. The predicted molar refractivity (Wildman–Crippen MR) is 98.6 cm³/mol. The Morgan fingerprint density at radius 3 is 2.38 bits per heavy atom. The Labute approximate surface area is 152 Å². The summed E-state index contributed by atoms with van der Waals surface area (Å²) < 4.78 is 12.5. The van der Waals surface area contributed by atoms with Crippen molar-refractivity contribution in [3.05, 3.63) is 72.3 Å². The quantitative estimate of drug-likeness (QED) is 0.711. The smallest absolute Gasteiger partial charge is 0.258 e. The van der Waals surface area contributed by atoms with Crippen molar-refractivity contribution < 1.29 is 14.3 Å². The molecule has 0 radical (unpaired) electrons. The molecule has 1 N–H and O–H groups in total. The first-order valence-electron chi connectivity index (χ1n) is 8.28. The summed E-state index contributed by atoms with van der Waals surface area (Å²) >= 11 is 0. The third-order valence-corrected chi connectivity index (χ3v) is 3.96. The van der Waals surface area contributed by atoms with E-state index in [2.05, 4.69) is 10.3 Å². The van der Waals surface area contributed by atoms with E-state index in [9.17, 15) is 4.79 Å². The van der Waals surface area contributed by atoms with Gasteiger partial charge in [0.05, 0.1) is 7.11 Å². The minimum Gasteiger partial charge on any atom is -0.497 e. The molecule has 0 atom stereocenters. The fourth-order valence-electron chi connectivity index (χ4n) is 2.50. The fourth-order valence-corrected chi connectivity index (χ4v) is 2.50. The van der Waals surface area contributed by atoms with Gasteiger partial charge < -0.3 is 19.4 Å². The van der Waals surface area contributed by atoms with Gasteiger partial charge in [0.25, 0.3) is 5.91 Å². The summed E-state index contributed by atoms with van der Waals surface area (Å²) in [6.45, 7) is 2.38. The minimum absolute atomic E-state index is 0.0291. The maximum atomic E-state index is 11.9. The van der Waals surface area contributed by atoms with Crippen LogP contribution in [0.15, 0.2) is 60.9 Å². The molecule has 0 saturated heterocycles. The monoisotopic (exact) mass is 351 g/mol. The van der Waals surface area contributed by atoms with E-state index in [0.717, 1.165) is 22.8 Å². The Kier molecular flexibility index (Phi) is 5.53. The van der Waals surface area contributed by atoms with Crippen LogP contribution in [0.25, 0.3) is 5.69 Å². The number of hydrogen-bond donors (Lipinski definition) is 1. The van der Waals surface area contributed by atoms with Crippen molar-refractivity contribution >= 4 is 5.91 Å². The maximum absolute atomic E-state index is 11.9. The summed E-state index contributed by atoms with van der Waals surface area (Å²) in [5.41, 5.74) is 2.06. The molecule has 26 heavy (non-hydrogen) atoms. The van der Waals surface area contributed by atoms with E-state index >= 15 is 0 Å². The van der Waals surface area contributed by atoms with Gasteiger partial charge in [-0.05, 0) is 48.9 Å². The molecule has 1 amide bonds. The van der Waals surface area contributed by atoms with Crippen molar-refractivity contribution in [1.82, 2.24) is 14.9 Å². The zero-order valence-corrected chi connectivity index (χ0v) is 14.8. The van der Waals surface area contributed by atoms with Crippen LogP contribution < -0.4 is 14.8 Å². The number of carbonyl (C=O) groups is 1. The fraction of sp³-hybridized carbons (Fsp3) is 0.200. The molecular weight excluding hydrogens is 330 g/mol. The molecule has 0 saturated carbocycles. The number of imidazole rings is 1. The predicted octanol–water partition coefficient (Wildman–Crippen LogP) is 2.88. The SMILES string of the molecule is COc1ccc(OCC(=O)NCc2ccc(-n3ccnc3C)cc2)cc1. The van der Waals surface area contributed by atoms with Gasteiger partial charge in [-0.25, -0.2) is 4.98 Å². The normalized spacial score (nSPS) is 10.4. The number of nitrogens with zero attached hydrogens (tertiary/aromatic N) is 2. The number of ether oxygens (including phenoxy) is 2. The van der Waals surface area contributed by atoms with Crippen LogP contribution >= 0.6 is 0 Å². The Hall–Kier alpha value is -3.28. The lowest BCUT2D eigenvalue weighted by Gasteiger charge is -2.09. The molecule has 0 aliphatic heterocycles. The number of rotatable bonds is 7. The molecule has 3 rings (SSSR count). The standard InChI is InChI=1S/C20H21N3O3/c1-15-21-11-12-23(15)17-5-3-16(4-6-17)13-22-20(24)14-26-19-9-7-18(25-2)8-10-19/h3-12H,13-14H2,1-2H3,(H,22,24). The highest BCUT2D eigenvalue weighted by atomic mass is 16.5. The van der Waals surface area contributed by atoms with Crippen LogP contribution in [0.4, 0.5) is 0 Å². The first-order valence-corrected chi connectivity index (χ1v) is 8.28. The van der Waals surface area contributed by atoms with E-state index in [0.29, 0.717) is 12.3 Å². The van der Waals surface area contributed by atoms with Gasteiger partial charge in [0.15, 0.2) is 6.61 Å². The number of carbonyl (C=O) groups excluding carboxylic acids is 1. The summed E-state index contributed by atoms with van der Waals surface area (Å²) in [7, 11) is 1.60. The van der Waals surface area contributed by atoms with Crippen molar-refractivity contribution in [1.29, 1.82) is 0 Å². The van der Waals surface area contributed by atoms with Crippen molar-refractivity contribution in [2.45, 2.75) is 13.5 Å². The highest BCUT2D eigenvalue weighted by Crippen LogP contribution is 2.16. The molecular formula is C20H21N3O3. The van der Waals surface area contributed by atoms with Crippen molar-refractivity contribution in [2.75, 3.05) is 13.7 Å². The molecule has 0 fully saturated rings. The number of aromatic nitrogens is 2. The first kappa shape index (κ1) is 17.5. The summed E-state index contributed by atoms with van der Waals surface area (Å²) in [6, 6.07) is 15.1. The molecule has 0 unspecified atom stereocenters. The van der Waals surface area contributed by atoms with Crippen LogP contribution in [0.3, 0.4) is 0 Å². The van der Waals surface area contributed by atoms with E-state index < -0.39 is 0 Å². The van der Waals surface area contributed by atoms with Gasteiger partial charge in [-0.3, -0.25) is 4.79 Å². The van der Waals surface area contributed by atoms with Gasteiger partial charge >= 0.3 is 0 Å². The molecule has 0 aliphatic rings. The van der Waals surface area contributed by atoms with Gasteiger partial charge in [0, 0.05) is 24.6 Å². The average Bonchev–Trinajstić information content (AvgIpc) is 3.11. The Morgan fingerprint density at radius 1 is 1.08 bits per heavy atom. The van der Waals surface area contributed by atoms with Crippen LogP contribution in [-0.2, 0) is 11.3 Å². The van der Waals surface area contributed by atoms with Crippen molar-refractivity contribution in [2.24, 2.45) is 0 Å². The largest absolute Gasteiger partial charge is 0.497 e. The second-order valence-corrected chi connectivity index (χ2v) is 5.75. The van der Waals surface area contributed by atoms with Crippen molar-refractivity contribution in [3.8, 4) is 17.2 Å². The molecule has 6 nitrogen and oxygen atoms in total. The lowest BCUT2D eigenvalue weighted by Crippen LogP contribution is -2.28. The lowest BCUT2D eigenvalue weighted by atomic mass is 10.2. The van der Waals surface area contributed by atoms with Crippen LogP contribution in [-0.4, -0.2) is 29.2 Å². The number of methoxy groups -OCH3 is 1. The molecule has 134 valence electrons. The third-order valence-electron chi connectivity index (χ3n) is 3.96. The minimum atomic E-state index is -0.171. The number of aryl methyl sites for hydroxylation is 1. The molecule has 0 aliphatic carbocycles. The van der Waals surface area contributed by atoms with Gasteiger partial charge in [-0.15, -0.1) is 0 Å². The molecule has 2 aromatic carbocycles. The molecule has 6 heteroatoms. The molecule has 1 heterocycles. The highest BCUT2D eigenvalue weighted by Gasteiger charge is 2.04. The molecule has 3 aromatic rings. The number of amides is 1. The summed E-state index contributed by atoms with van der Waals surface area (Å²) in [5, 5.41) is 2.85. The van der Waals surface area contributed by atoms with E-state index in [-0.39, 0.29) is 12.5 Å². The number of hydrogen-bond acceptors (Lipinski definition) is 4. The second-order valence-electron chi connectivity index (χ2n) is 5.75. The number of nitrogens with one attached hydrogen (secondary N) is 1. The Bertz CT molecular complexity index is 855. The van der Waals surface area contributed by atoms with E-state index in [1.54, 1.807) is 37.6 Å². The van der Waals surface area contributed by atoms with E-state index in [4.69, 9.17) is 9.47 Å². The molecule has 1 aromatic heterocycles. The van der Waals surface area contributed by atoms with E-state index in [1.165, 1.54) is 0 Å². The van der Waals surface area contributed by atoms with Gasteiger partial charge in [-0.2, -0.15) is 0 Å². The molecule has 0 bridgehead atoms. The van der Waals surface area contributed by atoms with Crippen LogP contribution in [0.2, 0.25) is 0 Å². The van der Waals surface area contributed by atoms with Gasteiger partial charge in [0.1, 0.15) is 17.3 Å². The Morgan fingerprint density at radius 2 is 1.77 bits per heavy atom. The van der Waals surface area contributed by atoms with Gasteiger partial charge in [-0.1, -0.05) is 12.1 Å². The van der Waals surface area contributed by atoms with Gasteiger partial charge in [0.2, 0.25) is 0 Å². The first-order chi connectivity index (χ1) is 12.7. The van der Waals surface area contributed by atoms with Crippen LogP contribution in [0.5, 0.6) is 11.5 Å². The summed E-state index contributed by atoms with van der Waals surface area (Å²) in [5.74, 6) is 2.13. The Balaban J connectivity index is 1.47. The van der Waals surface area contributed by atoms with E-state index in [1.807, 2.05) is 42.0 Å². The average molecular weight is 351 g/mol. The third kappa shape index (κ3) is 4.42. The molecule has 0 spiro atoms. The van der Waals surface area contributed by atoms with Crippen LogP contribution in [0.1, 0.15) is 11.4 Å². The second kappa shape index (κ2) is 8.20. The maximum Gasteiger partial charge on any atom is 0.258 e. The van der Waals surface area contributed by atoms with Crippen molar-refractivity contribution in [3.63, 3.8) is 0 Å². The van der Waals surface area contributed by atoms with Crippen LogP contribution in [0, 0.1) is 6.92 Å². The zero-order chi connectivity index (χ0) is 18.4. The summed E-state index contributed by atoms with van der Waals surface area (Å²) in [6.07, 6.45) is 3.69. The number of benzene rings is 2. The highest BCUT2D eigenvalue weighted by molar-refractivity contribution is 5.77.